The number of nitrogens with zero attached hydrogens (tertiary/aromatic N) is 1. The molecule has 1 spiro atoms. The molecule has 2 heterocycles. The van der Waals surface area contributed by atoms with E-state index in [-0.39, 0.29) is 11.2 Å². The Labute approximate surface area is 134 Å². The Morgan fingerprint density at radius 3 is 2.59 bits per heavy atom. The summed E-state index contributed by atoms with van der Waals surface area (Å²) >= 11 is 6.21. The summed E-state index contributed by atoms with van der Waals surface area (Å²) in [5.74, 6) is -0.181. The van der Waals surface area contributed by atoms with Crippen LogP contribution in [-0.4, -0.2) is 19.6 Å². The summed E-state index contributed by atoms with van der Waals surface area (Å²) in [7, 11) is 0. The highest BCUT2D eigenvalue weighted by atomic mass is 35.5. The standard InChI is InChI=1S/C18H18ClFN2/c19-13-5-6-14-17(11-13)22(16-4-2-1-3-15(16)20)12-18(14)7-9-21-10-8-18/h1-6,11,21H,7-10,12H2. The Hall–Kier alpha value is -1.58. The second kappa shape index (κ2) is 5.25. The molecule has 1 N–H and O–H groups in total. The zero-order chi connectivity index (χ0) is 15.2. The molecule has 114 valence electrons. The van der Waals surface area contributed by atoms with Crippen LogP contribution in [0.2, 0.25) is 5.02 Å². The molecule has 4 heteroatoms. The average Bonchev–Trinajstić information content (AvgIpc) is 2.82. The predicted octanol–water partition coefficient (Wildman–Crippen LogP) is 4.25. The minimum absolute atomic E-state index is 0.105. The van der Waals surface area contributed by atoms with Crippen molar-refractivity contribution in [2.75, 3.05) is 24.5 Å². The number of anilines is 2. The van der Waals surface area contributed by atoms with Gasteiger partial charge in [0.15, 0.2) is 0 Å². The number of fused-ring (bicyclic) bond motifs is 2. The average molecular weight is 317 g/mol. The number of benzene rings is 2. The Balaban J connectivity index is 1.86. The van der Waals surface area contributed by atoms with Crippen LogP contribution < -0.4 is 10.2 Å². The molecule has 2 aliphatic heterocycles. The van der Waals surface area contributed by atoms with E-state index in [1.165, 1.54) is 11.6 Å². The molecule has 2 aromatic carbocycles. The molecule has 2 nitrogen and oxygen atoms in total. The third-order valence-corrected chi connectivity index (χ3v) is 5.22. The van der Waals surface area contributed by atoms with Crippen LogP contribution in [0.4, 0.5) is 15.8 Å². The van der Waals surface area contributed by atoms with Gasteiger partial charge in [-0.1, -0.05) is 29.8 Å². The van der Waals surface area contributed by atoms with Crippen LogP contribution >= 0.6 is 11.6 Å². The van der Waals surface area contributed by atoms with Crippen molar-refractivity contribution in [1.82, 2.24) is 5.32 Å². The van der Waals surface area contributed by atoms with Gasteiger partial charge in [0, 0.05) is 22.7 Å². The highest BCUT2D eigenvalue weighted by molar-refractivity contribution is 6.31. The third kappa shape index (κ3) is 2.11. The molecule has 0 amide bonds. The van der Waals surface area contributed by atoms with Crippen LogP contribution in [0.5, 0.6) is 0 Å². The van der Waals surface area contributed by atoms with Crippen molar-refractivity contribution in [2.45, 2.75) is 18.3 Å². The number of para-hydroxylation sites is 1. The van der Waals surface area contributed by atoms with Crippen molar-refractivity contribution in [3.8, 4) is 0 Å². The lowest BCUT2D eigenvalue weighted by Crippen LogP contribution is -2.42. The van der Waals surface area contributed by atoms with Gasteiger partial charge in [-0.15, -0.1) is 0 Å². The Bertz CT molecular complexity index is 710. The molecule has 2 aliphatic rings. The lowest BCUT2D eigenvalue weighted by molar-refractivity contribution is 0.329. The van der Waals surface area contributed by atoms with E-state index in [0.29, 0.717) is 10.7 Å². The number of piperidine rings is 1. The van der Waals surface area contributed by atoms with E-state index in [2.05, 4.69) is 16.3 Å². The van der Waals surface area contributed by atoms with E-state index in [1.54, 1.807) is 6.07 Å². The molecule has 0 aromatic heterocycles. The van der Waals surface area contributed by atoms with Crippen LogP contribution in [0.1, 0.15) is 18.4 Å². The van der Waals surface area contributed by atoms with Crippen LogP contribution in [0, 0.1) is 5.82 Å². The number of hydrogen-bond acceptors (Lipinski definition) is 2. The van der Waals surface area contributed by atoms with Crippen molar-refractivity contribution in [3.05, 3.63) is 58.9 Å². The summed E-state index contributed by atoms with van der Waals surface area (Å²) in [5, 5.41) is 4.13. The summed E-state index contributed by atoms with van der Waals surface area (Å²) in [6, 6.07) is 13.0. The fourth-order valence-corrected chi connectivity index (χ4v) is 4.03. The topological polar surface area (TPSA) is 15.3 Å². The van der Waals surface area contributed by atoms with E-state index in [4.69, 9.17) is 11.6 Å². The lowest BCUT2D eigenvalue weighted by Gasteiger charge is -2.35. The second-order valence-corrected chi connectivity index (χ2v) is 6.67. The van der Waals surface area contributed by atoms with Gasteiger partial charge in [0.05, 0.1) is 5.69 Å². The summed E-state index contributed by atoms with van der Waals surface area (Å²) in [4.78, 5) is 2.10. The Morgan fingerprint density at radius 1 is 1.05 bits per heavy atom. The summed E-state index contributed by atoms with van der Waals surface area (Å²) < 4.78 is 14.3. The molecule has 0 bridgehead atoms. The normalized spacial score (nSPS) is 19.5. The molecule has 0 atom stereocenters. The van der Waals surface area contributed by atoms with E-state index in [0.717, 1.165) is 38.2 Å². The fraction of sp³-hybridized carbons (Fsp3) is 0.333. The SMILES string of the molecule is Fc1ccccc1N1CC2(CCNCC2)c2ccc(Cl)cc21. The van der Waals surface area contributed by atoms with Crippen LogP contribution in [0.15, 0.2) is 42.5 Å². The largest absolute Gasteiger partial charge is 0.338 e. The van der Waals surface area contributed by atoms with E-state index in [9.17, 15) is 4.39 Å². The maximum absolute atomic E-state index is 14.3. The first-order valence-electron chi connectivity index (χ1n) is 7.72. The van der Waals surface area contributed by atoms with E-state index < -0.39 is 0 Å². The van der Waals surface area contributed by atoms with Gasteiger partial charge in [-0.05, 0) is 55.8 Å². The van der Waals surface area contributed by atoms with Crippen molar-refractivity contribution < 1.29 is 4.39 Å². The van der Waals surface area contributed by atoms with Gasteiger partial charge >= 0.3 is 0 Å². The van der Waals surface area contributed by atoms with E-state index >= 15 is 0 Å². The molecule has 4 rings (SSSR count). The molecule has 0 unspecified atom stereocenters. The van der Waals surface area contributed by atoms with Gasteiger partial charge < -0.3 is 10.2 Å². The number of hydrogen-bond donors (Lipinski definition) is 1. The summed E-state index contributed by atoms with van der Waals surface area (Å²) in [5.41, 5.74) is 3.11. The summed E-state index contributed by atoms with van der Waals surface area (Å²) in [6.07, 6.45) is 2.15. The zero-order valence-corrected chi connectivity index (χ0v) is 13.0. The van der Waals surface area contributed by atoms with Gasteiger partial charge in [-0.25, -0.2) is 4.39 Å². The van der Waals surface area contributed by atoms with E-state index in [1.807, 2.05) is 24.3 Å². The monoisotopic (exact) mass is 316 g/mol. The molecule has 1 saturated heterocycles. The Morgan fingerprint density at radius 2 is 1.82 bits per heavy atom. The molecule has 0 radical (unpaired) electrons. The molecular weight excluding hydrogens is 299 g/mol. The first-order valence-corrected chi connectivity index (χ1v) is 8.10. The minimum Gasteiger partial charge on any atom is -0.338 e. The molecule has 2 aromatic rings. The smallest absolute Gasteiger partial charge is 0.146 e. The van der Waals surface area contributed by atoms with Crippen molar-refractivity contribution in [1.29, 1.82) is 0 Å². The number of rotatable bonds is 1. The van der Waals surface area contributed by atoms with Gasteiger partial charge in [0.1, 0.15) is 5.82 Å². The quantitative estimate of drug-likeness (QED) is 0.846. The third-order valence-electron chi connectivity index (χ3n) is 4.99. The van der Waals surface area contributed by atoms with Crippen molar-refractivity contribution in [2.24, 2.45) is 0 Å². The summed E-state index contributed by atoms with van der Waals surface area (Å²) in [6.45, 7) is 2.84. The van der Waals surface area contributed by atoms with Crippen molar-refractivity contribution in [3.63, 3.8) is 0 Å². The van der Waals surface area contributed by atoms with Gasteiger partial charge in [0.2, 0.25) is 0 Å². The molecule has 0 aliphatic carbocycles. The first-order chi connectivity index (χ1) is 10.7. The maximum atomic E-state index is 14.3. The van der Waals surface area contributed by atoms with Crippen LogP contribution in [-0.2, 0) is 5.41 Å². The predicted molar refractivity (Wildman–Crippen MR) is 88.6 cm³/mol. The lowest BCUT2D eigenvalue weighted by atomic mass is 9.75. The molecule has 22 heavy (non-hydrogen) atoms. The fourth-order valence-electron chi connectivity index (χ4n) is 3.87. The maximum Gasteiger partial charge on any atom is 0.146 e. The van der Waals surface area contributed by atoms with Gasteiger partial charge in [0.25, 0.3) is 0 Å². The van der Waals surface area contributed by atoms with Gasteiger partial charge in [-0.3, -0.25) is 0 Å². The molecule has 0 saturated carbocycles. The zero-order valence-electron chi connectivity index (χ0n) is 12.3. The van der Waals surface area contributed by atoms with Gasteiger partial charge in [-0.2, -0.15) is 0 Å². The number of halogens is 2. The highest BCUT2D eigenvalue weighted by Gasteiger charge is 2.44. The first kappa shape index (κ1) is 14.0. The van der Waals surface area contributed by atoms with Crippen LogP contribution in [0.3, 0.4) is 0 Å². The van der Waals surface area contributed by atoms with Crippen LogP contribution in [0.25, 0.3) is 0 Å². The van der Waals surface area contributed by atoms with Crippen molar-refractivity contribution >= 4 is 23.0 Å². The second-order valence-electron chi connectivity index (χ2n) is 6.23. The number of nitrogens with one attached hydrogen (secondary N) is 1. The molecular formula is C18H18ClFN2. The molecule has 1 fully saturated rings. The minimum atomic E-state index is -0.181. The highest BCUT2D eigenvalue weighted by Crippen LogP contribution is 2.49. The Kier molecular flexibility index (Phi) is 3.35.